The van der Waals surface area contributed by atoms with E-state index >= 15 is 0 Å². The highest BCUT2D eigenvalue weighted by Crippen LogP contribution is 2.28. The molecule has 0 saturated carbocycles. The van der Waals surface area contributed by atoms with Crippen LogP contribution in [-0.2, 0) is 13.3 Å². The number of aryl methyl sites for hydroxylation is 1. The molecule has 3 rings (SSSR count). The molecule has 8 heteroatoms. The summed E-state index contributed by atoms with van der Waals surface area (Å²) < 4.78 is 18.5. The molecule has 2 aromatic carbocycles. The van der Waals surface area contributed by atoms with Crippen LogP contribution in [0.2, 0.25) is 5.02 Å². The monoisotopic (exact) mass is 443 g/mol. The van der Waals surface area contributed by atoms with Crippen molar-refractivity contribution in [3.8, 4) is 17.2 Å². The van der Waals surface area contributed by atoms with Crippen LogP contribution in [0.5, 0.6) is 17.2 Å². The first-order valence-corrected chi connectivity index (χ1v) is 10.5. The highest BCUT2D eigenvalue weighted by molar-refractivity contribution is 6.31. The van der Waals surface area contributed by atoms with E-state index in [1.54, 1.807) is 29.1 Å². The summed E-state index contributed by atoms with van der Waals surface area (Å²) in [6, 6.07) is 12.7. The van der Waals surface area contributed by atoms with Crippen LogP contribution in [0.15, 0.2) is 48.7 Å². The molecule has 3 aromatic rings. The minimum Gasteiger partial charge on any atom is -0.490 e. The van der Waals surface area contributed by atoms with Crippen molar-refractivity contribution in [3.05, 3.63) is 70.5 Å². The number of nitrogens with one attached hydrogen (secondary N) is 1. The molecule has 0 bridgehead atoms. The van der Waals surface area contributed by atoms with E-state index in [1.807, 2.05) is 45.0 Å². The number of ether oxygens (including phenoxy) is 3. The fraction of sp³-hybridized carbons (Fsp3) is 0.304. The topological polar surface area (TPSA) is 74.6 Å². The second kappa shape index (κ2) is 10.7. The highest BCUT2D eigenvalue weighted by atomic mass is 35.5. The van der Waals surface area contributed by atoms with E-state index in [9.17, 15) is 4.79 Å². The Bertz CT molecular complexity index is 1040. The average Bonchev–Trinajstić information content (AvgIpc) is 3.24. The molecule has 1 N–H and O–H groups in total. The Labute approximate surface area is 186 Å². The van der Waals surface area contributed by atoms with Crippen LogP contribution in [0.25, 0.3) is 0 Å². The number of hydrogen-bond acceptors (Lipinski definition) is 5. The Morgan fingerprint density at radius 3 is 2.55 bits per heavy atom. The third-order valence-corrected chi connectivity index (χ3v) is 4.85. The number of hydrogen-bond donors (Lipinski definition) is 1. The number of carbonyl (C=O) groups excluding carboxylic acids is 1. The first-order chi connectivity index (χ1) is 15.0. The van der Waals surface area contributed by atoms with Gasteiger partial charge in [0, 0.05) is 17.8 Å². The van der Waals surface area contributed by atoms with Gasteiger partial charge < -0.3 is 19.5 Å². The Hall–Kier alpha value is -3.19. The first-order valence-electron chi connectivity index (χ1n) is 10.1. The predicted molar refractivity (Wildman–Crippen MR) is 119 cm³/mol. The Morgan fingerprint density at radius 2 is 1.81 bits per heavy atom. The summed E-state index contributed by atoms with van der Waals surface area (Å²) in [5, 5.41) is 7.83. The fourth-order valence-electron chi connectivity index (χ4n) is 2.88. The minimum atomic E-state index is -0.270. The quantitative estimate of drug-likeness (QED) is 0.495. The smallest absolute Gasteiger partial charge is 0.272 e. The second-order valence-corrected chi connectivity index (χ2v) is 7.16. The van der Waals surface area contributed by atoms with Gasteiger partial charge in [0.1, 0.15) is 11.4 Å². The first kappa shape index (κ1) is 22.5. The van der Waals surface area contributed by atoms with Crippen LogP contribution in [0.4, 0.5) is 0 Å². The van der Waals surface area contributed by atoms with E-state index in [2.05, 4.69) is 10.4 Å². The second-order valence-electron chi connectivity index (χ2n) is 6.75. The van der Waals surface area contributed by atoms with E-state index in [0.29, 0.717) is 47.7 Å². The molecule has 0 unspecified atom stereocenters. The largest absolute Gasteiger partial charge is 0.490 e. The molecule has 1 heterocycles. The molecule has 0 atom stereocenters. The van der Waals surface area contributed by atoms with Crippen LogP contribution in [0.1, 0.15) is 35.5 Å². The van der Waals surface area contributed by atoms with E-state index in [4.69, 9.17) is 25.8 Å². The summed E-state index contributed by atoms with van der Waals surface area (Å²) in [5.41, 5.74) is 2.15. The van der Waals surface area contributed by atoms with Crippen LogP contribution in [0, 0.1) is 6.92 Å². The highest BCUT2D eigenvalue weighted by Gasteiger charge is 2.11. The van der Waals surface area contributed by atoms with Crippen LogP contribution < -0.4 is 19.5 Å². The van der Waals surface area contributed by atoms with Gasteiger partial charge in [-0.15, -0.1) is 0 Å². The molecular formula is C23H26ClN3O4. The minimum absolute atomic E-state index is 0.185. The summed E-state index contributed by atoms with van der Waals surface area (Å²) in [7, 11) is 0. The number of carbonyl (C=O) groups is 1. The van der Waals surface area contributed by atoms with Crippen LogP contribution in [0.3, 0.4) is 0 Å². The summed E-state index contributed by atoms with van der Waals surface area (Å²) in [6.07, 6.45) is 1.70. The number of nitrogens with zero attached hydrogens (tertiary/aromatic N) is 2. The number of rotatable bonds is 10. The van der Waals surface area contributed by atoms with E-state index < -0.39 is 0 Å². The van der Waals surface area contributed by atoms with Gasteiger partial charge >= 0.3 is 0 Å². The Balaban J connectivity index is 1.56. The molecule has 0 fully saturated rings. The van der Waals surface area contributed by atoms with Crippen molar-refractivity contribution < 1.29 is 19.0 Å². The molecule has 1 aromatic heterocycles. The number of halogens is 1. The van der Waals surface area contributed by atoms with Crippen molar-refractivity contribution in [1.82, 2.24) is 15.1 Å². The molecule has 0 aliphatic rings. The molecule has 164 valence electrons. The lowest BCUT2D eigenvalue weighted by Gasteiger charge is -2.12. The molecule has 1 amide bonds. The van der Waals surface area contributed by atoms with Crippen molar-refractivity contribution in [2.45, 2.75) is 34.0 Å². The third kappa shape index (κ3) is 6.15. The summed E-state index contributed by atoms with van der Waals surface area (Å²) in [5.74, 6) is 1.76. The predicted octanol–water partition coefficient (Wildman–Crippen LogP) is 4.61. The van der Waals surface area contributed by atoms with Crippen molar-refractivity contribution in [1.29, 1.82) is 0 Å². The molecule has 7 nitrogen and oxygen atoms in total. The van der Waals surface area contributed by atoms with Gasteiger partial charge in [-0.05, 0) is 68.3 Å². The van der Waals surface area contributed by atoms with Gasteiger partial charge in [-0.25, -0.2) is 4.68 Å². The fourth-order valence-corrected chi connectivity index (χ4v) is 3.00. The third-order valence-electron chi connectivity index (χ3n) is 4.43. The van der Waals surface area contributed by atoms with E-state index in [1.165, 1.54) is 0 Å². The standard InChI is InChI=1S/C23H26ClN3O4/c1-4-29-21-9-6-17(13-22(21)30-5-2)14-25-23(28)20-10-11-27(26-20)15-31-18-7-8-19(24)16(3)12-18/h6-13H,4-5,14-15H2,1-3H3,(H,25,28). The number of benzene rings is 2. The maximum absolute atomic E-state index is 12.5. The number of amides is 1. The molecule has 31 heavy (non-hydrogen) atoms. The molecule has 0 aliphatic heterocycles. The zero-order valence-electron chi connectivity index (χ0n) is 17.9. The lowest BCUT2D eigenvalue weighted by atomic mass is 10.2. The van der Waals surface area contributed by atoms with Gasteiger partial charge in [0.25, 0.3) is 5.91 Å². The van der Waals surface area contributed by atoms with Crippen molar-refractivity contribution >= 4 is 17.5 Å². The summed E-state index contributed by atoms with van der Waals surface area (Å²) in [4.78, 5) is 12.5. The Kier molecular flexibility index (Phi) is 7.78. The van der Waals surface area contributed by atoms with Crippen molar-refractivity contribution in [3.63, 3.8) is 0 Å². The maximum Gasteiger partial charge on any atom is 0.272 e. The number of aromatic nitrogens is 2. The summed E-state index contributed by atoms with van der Waals surface area (Å²) in [6.45, 7) is 7.37. The van der Waals surface area contributed by atoms with Gasteiger partial charge in [0.2, 0.25) is 0 Å². The van der Waals surface area contributed by atoms with Gasteiger partial charge in [-0.2, -0.15) is 5.10 Å². The van der Waals surface area contributed by atoms with Gasteiger partial charge in [-0.1, -0.05) is 17.7 Å². The van der Waals surface area contributed by atoms with Crippen LogP contribution in [-0.4, -0.2) is 28.9 Å². The molecule has 0 spiro atoms. The molecular weight excluding hydrogens is 418 g/mol. The van der Waals surface area contributed by atoms with Gasteiger partial charge in [-0.3, -0.25) is 4.79 Å². The zero-order chi connectivity index (χ0) is 22.2. The molecule has 0 aliphatic carbocycles. The zero-order valence-corrected chi connectivity index (χ0v) is 18.6. The van der Waals surface area contributed by atoms with E-state index in [-0.39, 0.29) is 12.6 Å². The van der Waals surface area contributed by atoms with Gasteiger partial charge in [0.15, 0.2) is 18.2 Å². The van der Waals surface area contributed by atoms with E-state index in [0.717, 1.165) is 11.1 Å². The van der Waals surface area contributed by atoms with Crippen LogP contribution >= 0.6 is 11.6 Å². The maximum atomic E-state index is 12.5. The summed E-state index contributed by atoms with van der Waals surface area (Å²) >= 11 is 6.03. The SMILES string of the molecule is CCOc1ccc(CNC(=O)c2ccn(COc3ccc(Cl)c(C)c3)n2)cc1OCC. The van der Waals surface area contributed by atoms with Gasteiger partial charge in [0.05, 0.1) is 13.2 Å². The Morgan fingerprint density at radius 1 is 1.03 bits per heavy atom. The molecule has 0 radical (unpaired) electrons. The van der Waals surface area contributed by atoms with Crippen molar-refractivity contribution in [2.75, 3.05) is 13.2 Å². The lowest BCUT2D eigenvalue weighted by Crippen LogP contribution is -2.23. The van der Waals surface area contributed by atoms with Crippen molar-refractivity contribution in [2.24, 2.45) is 0 Å². The molecule has 0 saturated heterocycles. The average molecular weight is 444 g/mol. The lowest BCUT2D eigenvalue weighted by molar-refractivity contribution is 0.0943. The normalized spacial score (nSPS) is 10.6.